The summed E-state index contributed by atoms with van der Waals surface area (Å²) in [6.07, 6.45) is 1.41. The molecule has 0 bridgehead atoms. The van der Waals surface area contributed by atoms with E-state index >= 15 is 0 Å². The van der Waals surface area contributed by atoms with Crippen LogP contribution in [0.3, 0.4) is 0 Å². The molecule has 1 aromatic carbocycles. The molecule has 2 aromatic rings. The minimum Gasteiger partial charge on any atom is -0.494 e. The fraction of sp³-hybridized carbons (Fsp3) is 0.214. The maximum absolute atomic E-state index is 12.5. The van der Waals surface area contributed by atoms with Crippen LogP contribution in [-0.2, 0) is 21.4 Å². The Morgan fingerprint density at radius 2 is 2.00 bits per heavy atom. The van der Waals surface area contributed by atoms with Crippen molar-refractivity contribution < 1.29 is 17.9 Å². The van der Waals surface area contributed by atoms with Crippen LogP contribution in [0.25, 0.3) is 0 Å². The number of hydrogen-bond acceptors (Lipinski definition) is 5. The standard InChI is InChI=1S/C14H15BrN2O4S/c1-20-9-10-5-3-4-6-13(10)22(18,19)17-11-7-12(21-2)14(15)16-8-11/h3-8,17H,9H2,1-2H3. The maximum Gasteiger partial charge on any atom is 0.262 e. The number of ether oxygens (including phenoxy) is 2. The van der Waals surface area contributed by atoms with Gasteiger partial charge in [0.2, 0.25) is 0 Å². The summed E-state index contributed by atoms with van der Waals surface area (Å²) in [5.74, 6) is 0.436. The fourth-order valence-electron chi connectivity index (χ4n) is 1.88. The lowest BCUT2D eigenvalue weighted by Crippen LogP contribution is -2.15. The van der Waals surface area contributed by atoms with Crippen molar-refractivity contribution in [1.29, 1.82) is 0 Å². The zero-order valence-electron chi connectivity index (χ0n) is 12.0. The highest BCUT2D eigenvalue weighted by atomic mass is 79.9. The first kappa shape index (κ1) is 16.7. The van der Waals surface area contributed by atoms with Crippen molar-refractivity contribution in [2.75, 3.05) is 18.9 Å². The van der Waals surface area contributed by atoms with Gasteiger partial charge in [-0.3, -0.25) is 4.72 Å². The highest BCUT2D eigenvalue weighted by Crippen LogP contribution is 2.27. The smallest absolute Gasteiger partial charge is 0.262 e. The van der Waals surface area contributed by atoms with Crippen molar-refractivity contribution in [1.82, 2.24) is 4.98 Å². The SMILES string of the molecule is COCc1ccccc1S(=O)(=O)Nc1cnc(Br)c(OC)c1. The molecule has 0 unspecified atom stereocenters. The number of sulfonamides is 1. The predicted octanol–water partition coefficient (Wildman–Crippen LogP) is 2.80. The van der Waals surface area contributed by atoms with Crippen LogP contribution < -0.4 is 9.46 Å². The molecule has 2 rings (SSSR count). The molecule has 1 N–H and O–H groups in total. The number of halogens is 1. The molecule has 22 heavy (non-hydrogen) atoms. The van der Waals surface area contributed by atoms with E-state index in [-0.39, 0.29) is 11.5 Å². The number of methoxy groups -OCH3 is 2. The number of pyridine rings is 1. The third kappa shape index (κ3) is 3.76. The van der Waals surface area contributed by atoms with E-state index in [1.807, 2.05) is 0 Å². The largest absolute Gasteiger partial charge is 0.494 e. The van der Waals surface area contributed by atoms with E-state index < -0.39 is 10.0 Å². The van der Waals surface area contributed by atoms with Crippen LogP contribution in [0.5, 0.6) is 5.75 Å². The molecule has 0 spiro atoms. The molecular formula is C14H15BrN2O4S. The Kier molecular flexibility index (Phi) is 5.38. The zero-order valence-corrected chi connectivity index (χ0v) is 14.4. The molecule has 0 saturated heterocycles. The minimum atomic E-state index is -3.74. The molecule has 0 aliphatic carbocycles. The molecule has 0 fully saturated rings. The third-order valence-electron chi connectivity index (χ3n) is 2.84. The molecule has 0 radical (unpaired) electrons. The van der Waals surface area contributed by atoms with Crippen molar-refractivity contribution in [3.8, 4) is 5.75 Å². The normalized spacial score (nSPS) is 11.2. The topological polar surface area (TPSA) is 77.5 Å². The second-order valence-electron chi connectivity index (χ2n) is 4.36. The van der Waals surface area contributed by atoms with E-state index in [0.29, 0.717) is 21.6 Å². The van der Waals surface area contributed by atoms with Gasteiger partial charge in [-0.1, -0.05) is 18.2 Å². The van der Waals surface area contributed by atoms with Gasteiger partial charge < -0.3 is 9.47 Å². The molecular weight excluding hydrogens is 372 g/mol. The van der Waals surface area contributed by atoms with E-state index in [2.05, 4.69) is 25.6 Å². The van der Waals surface area contributed by atoms with Crippen molar-refractivity contribution in [3.05, 3.63) is 46.7 Å². The van der Waals surface area contributed by atoms with Crippen LogP contribution in [-0.4, -0.2) is 27.6 Å². The number of nitrogens with zero attached hydrogens (tertiary/aromatic N) is 1. The fourth-order valence-corrected chi connectivity index (χ4v) is 3.52. The molecule has 8 heteroatoms. The quantitative estimate of drug-likeness (QED) is 0.772. The van der Waals surface area contributed by atoms with Gasteiger partial charge in [0.15, 0.2) is 5.75 Å². The first-order valence-corrected chi connectivity index (χ1v) is 8.54. The molecule has 0 saturated carbocycles. The van der Waals surface area contributed by atoms with Gasteiger partial charge in [-0.2, -0.15) is 0 Å². The summed E-state index contributed by atoms with van der Waals surface area (Å²) in [4.78, 5) is 4.19. The van der Waals surface area contributed by atoms with Gasteiger partial charge in [0.05, 0.1) is 30.5 Å². The first-order valence-electron chi connectivity index (χ1n) is 6.27. The summed E-state index contributed by atoms with van der Waals surface area (Å²) in [6, 6.07) is 8.21. The van der Waals surface area contributed by atoms with Crippen LogP contribution in [0.1, 0.15) is 5.56 Å². The Balaban J connectivity index is 2.36. The van der Waals surface area contributed by atoms with Crippen LogP contribution in [0.2, 0.25) is 0 Å². The summed E-state index contributed by atoms with van der Waals surface area (Å²) in [5, 5.41) is 0. The number of rotatable bonds is 6. The molecule has 1 heterocycles. The minimum absolute atomic E-state index is 0.165. The Morgan fingerprint density at radius 1 is 1.27 bits per heavy atom. The van der Waals surface area contributed by atoms with E-state index in [9.17, 15) is 8.42 Å². The molecule has 0 amide bonds. The van der Waals surface area contributed by atoms with Crippen LogP contribution in [0.4, 0.5) is 5.69 Å². The van der Waals surface area contributed by atoms with Crippen molar-refractivity contribution in [2.45, 2.75) is 11.5 Å². The highest BCUT2D eigenvalue weighted by Gasteiger charge is 2.19. The van der Waals surface area contributed by atoms with Gasteiger partial charge >= 0.3 is 0 Å². The molecule has 118 valence electrons. The summed E-state index contributed by atoms with van der Waals surface area (Å²) in [6.45, 7) is 0.207. The molecule has 6 nitrogen and oxygen atoms in total. The lowest BCUT2D eigenvalue weighted by Gasteiger charge is -2.12. The second-order valence-corrected chi connectivity index (χ2v) is 6.77. The highest BCUT2D eigenvalue weighted by molar-refractivity contribution is 9.10. The number of hydrogen-bond donors (Lipinski definition) is 1. The van der Waals surface area contributed by atoms with Gasteiger partial charge in [-0.15, -0.1) is 0 Å². The zero-order chi connectivity index (χ0) is 16.2. The number of aromatic nitrogens is 1. The van der Waals surface area contributed by atoms with E-state index in [1.165, 1.54) is 26.5 Å². The van der Waals surface area contributed by atoms with Crippen molar-refractivity contribution in [3.63, 3.8) is 0 Å². The summed E-state index contributed by atoms with van der Waals surface area (Å²) < 4.78 is 38.2. The van der Waals surface area contributed by atoms with Gasteiger partial charge in [-0.25, -0.2) is 13.4 Å². The average molecular weight is 387 g/mol. The Labute approximate surface area is 137 Å². The predicted molar refractivity (Wildman–Crippen MR) is 86.5 cm³/mol. The number of anilines is 1. The Hall–Kier alpha value is -1.64. The Bertz CT molecular complexity index is 765. The van der Waals surface area contributed by atoms with Crippen LogP contribution in [0, 0.1) is 0 Å². The molecule has 0 aliphatic heterocycles. The maximum atomic E-state index is 12.5. The molecule has 0 aliphatic rings. The molecule has 0 atom stereocenters. The van der Waals surface area contributed by atoms with Crippen LogP contribution >= 0.6 is 15.9 Å². The van der Waals surface area contributed by atoms with Gasteiger partial charge in [-0.05, 0) is 27.6 Å². The van der Waals surface area contributed by atoms with Crippen LogP contribution in [0.15, 0.2) is 46.0 Å². The van der Waals surface area contributed by atoms with E-state index in [0.717, 1.165) is 0 Å². The lowest BCUT2D eigenvalue weighted by atomic mass is 10.2. The Morgan fingerprint density at radius 3 is 2.68 bits per heavy atom. The second kappa shape index (κ2) is 7.08. The average Bonchev–Trinajstić information content (AvgIpc) is 2.50. The van der Waals surface area contributed by atoms with Crippen molar-refractivity contribution >= 4 is 31.6 Å². The molecule has 1 aromatic heterocycles. The summed E-state index contributed by atoms with van der Waals surface area (Å²) in [7, 11) is -0.751. The number of benzene rings is 1. The first-order chi connectivity index (χ1) is 10.5. The van der Waals surface area contributed by atoms with Gasteiger partial charge in [0.1, 0.15) is 4.60 Å². The van der Waals surface area contributed by atoms with Gasteiger partial charge in [0, 0.05) is 13.2 Å². The van der Waals surface area contributed by atoms with Crippen molar-refractivity contribution in [2.24, 2.45) is 0 Å². The number of nitrogens with one attached hydrogen (secondary N) is 1. The summed E-state index contributed by atoms with van der Waals surface area (Å²) >= 11 is 3.22. The summed E-state index contributed by atoms with van der Waals surface area (Å²) in [5.41, 5.74) is 0.891. The van der Waals surface area contributed by atoms with Gasteiger partial charge in [0.25, 0.3) is 10.0 Å². The lowest BCUT2D eigenvalue weighted by molar-refractivity contribution is 0.182. The van der Waals surface area contributed by atoms with E-state index in [1.54, 1.807) is 24.3 Å². The monoisotopic (exact) mass is 386 g/mol. The van der Waals surface area contributed by atoms with E-state index in [4.69, 9.17) is 9.47 Å². The third-order valence-corrected chi connectivity index (χ3v) is 4.92.